The summed E-state index contributed by atoms with van der Waals surface area (Å²) in [6.45, 7) is 2.64. The minimum atomic E-state index is -0.980. The fourth-order valence-corrected chi connectivity index (χ4v) is 1.95. The van der Waals surface area contributed by atoms with Crippen LogP contribution >= 0.6 is 11.6 Å². The summed E-state index contributed by atoms with van der Waals surface area (Å²) in [5.41, 5.74) is 0. The Balaban J connectivity index is 0. The van der Waals surface area contributed by atoms with Crippen LogP contribution in [0.25, 0.3) is 0 Å². The molecule has 122 valence electrons. The van der Waals surface area contributed by atoms with Crippen LogP contribution in [0.5, 0.6) is 0 Å². The normalized spacial score (nSPS) is 9.95. The molecule has 0 aliphatic rings. The van der Waals surface area contributed by atoms with Crippen LogP contribution in [0.15, 0.2) is 0 Å². The molecule has 0 saturated heterocycles. The average Bonchev–Trinajstić information content (AvgIpc) is 2.45. The smallest absolute Gasteiger partial charge is 0.318 e. The van der Waals surface area contributed by atoms with Crippen LogP contribution in [0.2, 0.25) is 0 Å². The molecule has 0 unspecified atom stereocenters. The summed E-state index contributed by atoms with van der Waals surface area (Å²) in [6.07, 6.45) is 16.2. The Labute approximate surface area is 129 Å². The van der Waals surface area contributed by atoms with Crippen LogP contribution in [-0.2, 0) is 4.79 Å². The molecule has 0 aliphatic heterocycles. The predicted octanol–water partition coefficient (Wildman–Crippen LogP) is 4.99. The first-order valence-corrected chi connectivity index (χ1v) is 8.61. The van der Waals surface area contributed by atoms with E-state index in [1.165, 1.54) is 70.6 Å². The molecule has 0 heterocycles. The van der Waals surface area contributed by atoms with Crippen LogP contribution in [0.1, 0.15) is 84.0 Å². The van der Waals surface area contributed by atoms with Crippen molar-refractivity contribution >= 4 is 17.6 Å². The van der Waals surface area contributed by atoms with E-state index in [1.807, 2.05) is 0 Å². The SMILES string of the molecule is CCCCCCCCCCCCCCO.O=C(O)CCl. The topological polar surface area (TPSA) is 57.5 Å². The van der Waals surface area contributed by atoms with Crippen molar-refractivity contribution in [3.63, 3.8) is 0 Å². The zero-order chi connectivity index (χ0) is 15.5. The predicted molar refractivity (Wildman–Crippen MR) is 86.5 cm³/mol. The van der Waals surface area contributed by atoms with Crippen molar-refractivity contribution in [3.05, 3.63) is 0 Å². The summed E-state index contributed by atoms with van der Waals surface area (Å²) in [4.78, 5) is 9.24. The van der Waals surface area contributed by atoms with Gasteiger partial charge in [0.15, 0.2) is 0 Å². The standard InChI is InChI=1S/C14H30O.C2H3ClO2/c1-2-3-4-5-6-7-8-9-10-11-12-13-14-15;3-1-2(4)5/h15H,2-14H2,1H3;1H2,(H,4,5). The van der Waals surface area contributed by atoms with Gasteiger partial charge in [-0.2, -0.15) is 0 Å². The van der Waals surface area contributed by atoms with E-state index in [9.17, 15) is 4.79 Å². The molecule has 0 aromatic heterocycles. The Kier molecular flexibility index (Phi) is 23.1. The van der Waals surface area contributed by atoms with Crippen molar-refractivity contribution in [2.45, 2.75) is 84.0 Å². The van der Waals surface area contributed by atoms with Gasteiger partial charge in [-0.15, -0.1) is 11.6 Å². The summed E-state index contributed by atoms with van der Waals surface area (Å²) in [7, 11) is 0. The van der Waals surface area contributed by atoms with E-state index in [2.05, 4.69) is 6.92 Å². The van der Waals surface area contributed by atoms with Gasteiger partial charge in [-0.05, 0) is 6.42 Å². The second kappa shape index (κ2) is 21.0. The number of aliphatic hydroxyl groups is 1. The first-order valence-electron chi connectivity index (χ1n) is 8.07. The maximum absolute atomic E-state index is 9.24. The summed E-state index contributed by atoms with van der Waals surface area (Å²) in [5.74, 6) is -1.29. The lowest BCUT2D eigenvalue weighted by atomic mass is 10.1. The van der Waals surface area contributed by atoms with E-state index >= 15 is 0 Å². The van der Waals surface area contributed by atoms with E-state index in [0.29, 0.717) is 6.61 Å². The van der Waals surface area contributed by atoms with Crippen molar-refractivity contribution in [2.24, 2.45) is 0 Å². The minimum absolute atomic E-state index is 0.306. The summed E-state index contributed by atoms with van der Waals surface area (Å²) in [5, 5.41) is 16.2. The van der Waals surface area contributed by atoms with Crippen molar-refractivity contribution in [1.29, 1.82) is 0 Å². The van der Waals surface area contributed by atoms with Gasteiger partial charge in [0.1, 0.15) is 5.88 Å². The molecule has 0 amide bonds. The van der Waals surface area contributed by atoms with E-state index in [4.69, 9.17) is 21.8 Å². The highest BCUT2D eigenvalue weighted by atomic mass is 35.5. The molecule has 0 radical (unpaired) electrons. The van der Waals surface area contributed by atoms with Gasteiger partial charge in [-0.25, -0.2) is 0 Å². The van der Waals surface area contributed by atoms with E-state index < -0.39 is 5.97 Å². The average molecular weight is 309 g/mol. The van der Waals surface area contributed by atoms with E-state index in [0.717, 1.165) is 6.42 Å². The Morgan fingerprint density at radius 2 is 1.10 bits per heavy atom. The second-order valence-corrected chi connectivity index (χ2v) is 5.41. The van der Waals surface area contributed by atoms with Gasteiger partial charge in [-0.1, -0.05) is 77.6 Å². The van der Waals surface area contributed by atoms with E-state index in [-0.39, 0.29) is 5.88 Å². The third-order valence-electron chi connectivity index (χ3n) is 3.13. The highest BCUT2D eigenvalue weighted by molar-refractivity contribution is 6.26. The number of rotatable bonds is 13. The van der Waals surface area contributed by atoms with Gasteiger partial charge >= 0.3 is 5.97 Å². The summed E-state index contributed by atoms with van der Waals surface area (Å²) in [6, 6.07) is 0. The minimum Gasteiger partial charge on any atom is -0.480 e. The number of alkyl halides is 1. The molecule has 0 bridgehead atoms. The highest BCUT2D eigenvalue weighted by Crippen LogP contribution is 2.11. The number of aliphatic hydroxyl groups excluding tert-OH is 1. The molecule has 0 spiro atoms. The molecule has 0 aliphatic carbocycles. The Morgan fingerprint density at radius 1 is 0.800 bits per heavy atom. The molecule has 0 aromatic carbocycles. The first-order chi connectivity index (χ1) is 9.68. The van der Waals surface area contributed by atoms with Crippen molar-refractivity contribution < 1.29 is 15.0 Å². The van der Waals surface area contributed by atoms with E-state index in [1.54, 1.807) is 0 Å². The highest BCUT2D eigenvalue weighted by Gasteiger charge is 1.92. The number of carboxylic acids is 1. The van der Waals surface area contributed by atoms with Crippen LogP contribution in [0.4, 0.5) is 0 Å². The maximum Gasteiger partial charge on any atom is 0.318 e. The number of hydrogen-bond acceptors (Lipinski definition) is 2. The lowest BCUT2D eigenvalue weighted by molar-refractivity contribution is -0.134. The largest absolute Gasteiger partial charge is 0.480 e. The Hall–Kier alpha value is -0.280. The molecule has 0 rings (SSSR count). The number of aliphatic carboxylic acids is 1. The summed E-state index contributed by atoms with van der Waals surface area (Å²) < 4.78 is 0. The molecule has 3 nitrogen and oxygen atoms in total. The number of halogens is 1. The van der Waals surface area contributed by atoms with Crippen molar-refractivity contribution in [2.75, 3.05) is 12.5 Å². The summed E-state index contributed by atoms with van der Waals surface area (Å²) >= 11 is 4.74. The number of carboxylic acid groups (broad SMARTS) is 1. The molecule has 0 fully saturated rings. The zero-order valence-corrected chi connectivity index (χ0v) is 13.8. The van der Waals surface area contributed by atoms with Crippen LogP contribution in [-0.4, -0.2) is 28.7 Å². The number of unbranched alkanes of at least 4 members (excludes halogenated alkanes) is 11. The van der Waals surface area contributed by atoms with Gasteiger partial charge in [-0.3, -0.25) is 4.79 Å². The van der Waals surface area contributed by atoms with Gasteiger partial charge in [0.25, 0.3) is 0 Å². The van der Waals surface area contributed by atoms with Crippen molar-refractivity contribution in [3.8, 4) is 0 Å². The zero-order valence-electron chi connectivity index (χ0n) is 13.1. The Morgan fingerprint density at radius 3 is 1.35 bits per heavy atom. The number of carbonyl (C=O) groups is 1. The fraction of sp³-hybridized carbons (Fsp3) is 0.938. The molecule has 0 saturated carbocycles. The lowest BCUT2D eigenvalue weighted by Gasteiger charge is -2.01. The monoisotopic (exact) mass is 308 g/mol. The molecular formula is C16H33ClO3. The third kappa shape index (κ3) is 26.3. The number of hydrogen-bond donors (Lipinski definition) is 2. The second-order valence-electron chi connectivity index (χ2n) is 5.14. The van der Waals surface area contributed by atoms with Crippen LogP contribution < -0.4 is 0 Å². The molecule has 20 heavy (non-hydrogen) atoms. The third-order valence-corrected chi connectivity index (χ3v) is 3.35. The van der Waals surface area contributed by atoms with Gasteiger partial charge < -0.3 is 10.2 Å². The fourth-order valence-electron chi connectivity index (χ4n) is 1.95. The molecule has 2 N–H and O–H groups in total. The molecule has 0 atom stereocenters. The first kappa shape index (κ1) is 22.0. The van der Waals surface area contributed by atoms with Gasteiger partial charge in [0.05, 0.1) is 0 Å². The van der Waals surface area contributed by atoms with Crippen molar-refractivity contribution in [1.82, 2.24) is 0 Å². The molecule has 4 heteroatoms. The molecular weight excluding hydrogens is 276 g/mol. The Bertz CT molecular complexity index is 175. The maximum atomic E-state index is 9.24. The lowest BCUT2D eigenvalue weighted by Crippen LogP contribution is -1.92. The molecule has 0 aromatic rings. The quantitative estimate of drug-likeness (QED) is 0.372. The van der Waals surface area contributed by atoms with Crippen LogP contribution in [0.3, 0.4) is 0 Å². The van der Waals surface area contributed by atoms with Gasteiger partial charge in [0, 0.05) is 6.61 Å². The van der Waals surface area contributed by atoms with Crippen LogP contribution in [0, 0.1) is 0 Å². The van der Waals surface area contributed by atoms with Gasteiger partial charge in [0.2, 0.25) is 0 Å².